The minimum absolute atomic E-state index is 0.0628. The third-order valence-corrected chi connectivity index (χ3v) is 2.39. The topological polar surface area (TPSA) is 75.4 Å². The molecule has 6 heteroatoms. The maximum Gasteiger partial charge on any atom is 0.326 e. The van der Waals surface area contributed by atoms with Crippen molar-refractivity contribution in [2.24, 2.45) is 0 Å². The number of rotatable bonds is 5. The van der Waals surface area contributed by atoms with Gasteiger partial charge in [0.2, 0.25) is 5.91 Å². The molecule has 0 aliphatic carbocycles. The predicted octanol–water partition coefficient (Wildman–Crippen LogP) is 0.205. The van der Waals surface area contributed by atoms with Crippen LogP contribution in [0.3, 0.4) is 0 Å². The van der Waals surface area contributed by atoms with E-state index in [-0.39, 0.29) is 12.5 Å². The second kappa shape index (κ2) is 5.29. The third-order valence-electron chi connectivity index (χ3n) is 2.39. The molecule has 0 radical (unpaired) electrons. The summed E-state index contributed by atoms with van der Waals surface area (Å²) in [4.78, 5) is 23.8. The van der Waals surface area contributed by atoms with Gasteiger partial charge < -0.3 is 10.0 Å². The van der Waals surface area contributed by atoms with Gasteiger partial charge in [-0.1, -0.05) is 6.92 Å². The highest BCUT2D eigenvalue weighted by atomic mass is 16.4. The van der Waals surface area contributed by atoms with Crippen LogP contribution in [-0.4, -0.2) is 44.8 Å². The van der Waals surface area contributed by atoms with Gasteiger partial charge >= 0.3 is 5.97 Å². The fourth-order valence-corrected chi connectivity index (χ4v) is 1.43. The van der Waals surface area contributed by atoms with Crippen molar-refractivity contribution in [3.63, 3.8) is 0 Å². The van der Waals surface area contributed by atoms with Crippen molar-refractivity contribution >= 4 is 11.9 Å². The molecule has 1 rings (SSSR count). The number of carbonyl (C=O) groups excluding carboxylic acids is 1. The smallest absolute Gasteiger partial charge is 0.326 e. The molecule has 0 saturated heterocycles. The van der Waals surface area contributed by atoms with Gasteiger partial charge in [0.15, 0.2) is 0 Å². The van der Waals surface area contributed by atoms with E-state index in [1.54, 1.807) is 25.4 Å². The van der Waals surface area contributed by atoms with E-state index in [9.17, 15) is 9.59 Å². The van der Waals surface area contributed by atoms with Crippen molar-refractivity contribution < 1.29 is 14.7 Å². The van der Waals surface area contributed by atoms with E-state index in [1.807, 2.05) is 0 Å². The zero-order valence-electron chi connectivity index (χ0n) is 9.33. The molecular weight excluding hydrogens is 210 g/mol. The third kappa shape index (κ3) is 2.82. The van der Waals surface area contributed by atoms with Crippen molar-refractivity contribution in [2.45, 2.75) is 25.9 Å². The first-order valence-electron chi connectivity index (χ1n) is 5.02. The Kier molecular flexibility index (Phi) is 4.04. The second-order valence-corrected chi connectivity index (χ2v) is 3.47. The average molecular weight is 225 g/mol. The molecule has 0 aliphatic rings. The van der Waals surface area contributed by atoms with Crippen LogP contribution in [0.4, 0.5) is 0 Å². The number of carboxylic acid groups (broad SMARTS) is 1. The molecule has 16 heavy (non-hydrogen) atoms. The average Bonchev–Trinajstić information content (AvgIpc) is 2.70. The maximum atomic E-state index is 11.7. The van der Waals surface area contributed by atoms with Crippen molar-refractivity contribution in [1.29, 1.82) is 0 Å². The SMILES string of the molecule is CCC(C(=O)O)N(C)C(=O)Cn1cccn1. The van der Waals surface area contributed by atoms with Crippen LogP contribution >= 0.6 is 0 Å². The van der Waals surface area contributed by atoms with Crippen molar-refractivity contribution in [3.05, 3.63) is 18.5 Å². The summed E-state index contributed by atoms with van der Waals surface area (Å²) in [5.74, 6) is -1.25. The van der Waals surface area contributed by atoms with E-state index in [0.29, 0.717) is 6.42 Å². The number of likely N-dealkylation sites (N-methyl/N-ethyl adjacent to an activating group) is 1. The van der Waals surface area contributed by atoms with Crippen LogP contribution in [0.5, 0.6) is 0 Å². The molecular formula is C10H15N3O3. The maximum absolute atomic E-state index is 11.7. The number of aromatic nitrogens is 2. The molecule has 0 aromatic carbocycles. The van der Waals surface area contributed by atoms with Crippen molar-refractivity contribution in [1.82, 2.24) is 14.7 Å². The van der Waals surface area contributed by atoms with Gasteiger partial charge in [-0.3, -0.25) is 9.48 Å². The molecule has 6 nitrogen and oxygen atoms in total. The molecule has 0 fully saturated rings. The summed E-state index contributed by atoms with van der Waals surface area (Å²) in [7, 11) is 1.49. The standard InChI is InChI=1S/C10H15N3O3/c1-3-8(10(15)16)12(2)9(14)7-13-6-4-5-11-13/h4-6,8H,3,7H2,1-2H3,(H,15,16). The summed E-state index contributed by atoms with van der Waals surface area (Å²) in [6.07, 6.45) is 3.62. The Morgan fingerprint density at radius 3 is 2.69 bits per heavy atom. The number of carbonyl (C=O) groups is 2. The molecule has 0 bridgehead atoms. The summed E-state index contributed by atoms with van der Waals surface area (Å²) >= 11 is 0. The molecule has 0 aliphatic heterocycles. The number of nitrogens with zero attached hydrogens (tertiary/aromatic N) is 3. The van der Waals surface area contributed by atoms with E-state index in [2.05, 4.69) is 5.10 Å². The van der Waals surface area contributed by atoms with E-state index < -0.39 is 12.0 Å². The minimum Gasteiger partial charge on any atom is -0.480 e. The number of amides is 1. The molecule has 1 N–H and O–H groups in total. The summed E-state index contributed by atoms with van der Waals surface area (Å²) in [5, 5.41) is 12.8. The van der Waals surface area contributed by atoms with Gasteiger partial charge in [-0.05, 0) is 12.5 Å². The van der Waals surface area contributed by atoms with Crippen LogP contribution in [0.15, 0.2) is 18.5 Å². The van der Waals surface area contributed by atoms with E-state index >= 15 is 0 Å². The van der Waals surface area contributed by atoms with Gasteiger partial charge in [0.05, 0.1) is 0 Å². The highest BCUT2D eigenvalue weighted by Gasteiger charge is 2.24. The van der Waals surface area contributed by atoms with Crippen LogP contribution in [0, 0.1) is 0 Å². The van der Waals surface area contributed by atoms with E-state index in [4.69, 9.17) is 5.11 Å². The Bertz CT molecular complexity index is 361. The number of carboxylic acids is 1. The lowest BCUT2D eigenvalue weighted by molar-refractivity contribution is -0.149. The Balaban J connectivity index is 2.62. The first kappa shape index (κ1) is 12.2. The van der Waals surface area contributed by atoms with E-state index in [0.717, 1.165) is 0 Å². The molecule has 88 valence electrons. The van der Waals surface area contributed by atoms with Gasteiger partial charge in [0.25, 0.3) is 0 Å². The van der Waals surface area contributed by atoms with Gasteiger partial charge in [-0.15, -0.1) is 0 Å². The van der Waals surface area contributed by atoms with Crippen LogP contribution in [-0.2, 0) is 16.1 Å². The van der Waals surface area contributed by atoms with Gasteiger partial charge in [-0.2, -0.15) is 5.10 Å². The largest absolute Gasteiger partial charge is 0.480 e. The molecule has 1 aromatic rings. The molecule has 1 heterocycles. The summed E-state index contributed by atoms with van der Waals surface area (Å²) < 4.78 is 1.47. The second-order valence-electron chi connectivity index (χ2n) is 3.47. The zero-order valence-corrected chi connectivity index (χ0v) is 9.33. The fraction of sp³-hybridized carbons (Fsp3) is 0.500. The predicted molar refractivity (Wildman–Crippen MR) is 56.7 cm³/mol. The number of hydrogen-bond acceptors (Lipinski definition) is 3. The highest BCUT2D eigenvalue weighted by Crippen LogP contribution is 2.03. The zero-order chi connectivity index (χ0) is 12.1. The molecule has 1 atom stereocenters. The Morgan fingerprint density at radius 2 is 2.25 bits per heavy atom. The lowest BCUT2D eigenvalue weighted by Gasteiger charge is -2.23. The Morgan fingerprint density at radius 1 is 1.56 bits per heavy atom. The monoisotopic (exact) mass is 225 g/mol. The molecule has 1 aromatic heterocycles. The van der Waals surface area contributed by atoms with Crippen LogP contribution in [0.2, 0.25) is 0 Å². The Labute approximate surface area is 93.5 Å². The van der Waals surface area contributed by atoms with Crippen LogP contribution in [0.25, 0.3) is 0 Å². The first-order chi connectivity index (χ1) is 7.56. The van der Waals surface area contributed by atoms with Crippen molar-refractivity contribution in [2.75, 3.05) is 7.05 Å². The van der Waals surface area contributed by atoms with Crippen LogP contribution < -0.4 is 0 Å². The van der Waals surface area contributed by atoms with E-state index in [1.165, 1.54) is 16.6 Å². The quantitative estimate of drug-likeness (QED) is 0.777. The Hall–Kier alpha value is -1.85. The molecule has 0 saturated carbocycles. The normalized spacial score (nSPS) is 12.1. The van der Waals surface area contributed by atoms with Gasteiger partial charge in [0, 0.05) is 19.4 Å². The lowest BCUT2D eigenvalue weighted by atomic mass is 10.2. The van der Waals surface area contributed by atoms with Crippen molar-refractivity contribution in [3.8, 4) is 0 Å². The van der Waals surface area contributed by atoms with Gasteiger partial charge in [-0.25, -0.2) is 4.79 Å². The molecule has 0 spiro atoms. The molecule has 1 amide bonds. The van der Waals surface area contributed by atoms with Gasteiger partial charge in [0.1, 0.15) is 12.6 Å². The summed E-state index contributed by atoms with van der Waals surface area (Å²) in [5.41, 5.74) is 0. The first-order valence-corrected chi connectivity index (χ1v) is 5.02. The minimum atomic E-state index is -0.987. The molecule has 1 unspecified atom stereocenters. The highest BCUT2D eigenvalue weighted by molar-refractivity contribution is 5.83. The number of aliphatic carboxylic acids is 1. The summed E-state index contributed by atoms with van der Waals surface area (Å²) in [6, 6.07) is 0.935. The van der Waals surface area contributed by atoms with Crippen LogP contribution in [0.1, 0.15) is 13.3 Å². The summed E-state index contributed by atoms with van der Waals surface area (Å²) in [6.45, 7) is 1.80. The fourth-order valence-electron chi connectivity index (χ4n) is 1.43. The number of hydrogen-bond donors (Lipinski definition) is 1. The lowest BCUT2D eigenvalue weighted by Crippen LogP contribution is -2.43.